The van der Waals surface area contributed by atoms with E-state index in [1.165, 1.54) is 6.92 Å². The number of anilines is 1. The van der Waals surface area contributed by atoms with Gasteiger partial charge in [-0.1, -0.05) is 0 Å². The summed E-state index contributed by atoms with van der Waals surface area (Å²) >= 11 is 0. The molecule has 2 N–H and O–H groups in total. The first-order chi connectivity index (χ1) is 11.5. The molecule has 0 spiro atoms. The molecule has 0 unspecified atom stereocenters. The van der Waals surface area contributed by atoms with Gasteiger partial charge in [0.05, 0.1) is 12.8 Å². The highest BCUT2D eigenvalue weighted by molar-refractivity contribution is 5.94. The molecule has 2 rings (SSSR count). The second kappa shape index (κ2) is 6.26. The molecule has 1 aromatic heterocycles. The summed E-state index contributed by atoms with van der Waals surface area (Å²) in [5.74, 6) is -11.9. The highest BCUT2D eigenvalue weighted by Gasteiger charge is 2.43. The van der Waals surface area contributed by atoms with E-state index in [0.717, 1.165) is 0 Å². The first kappa shape index (κ1) is 18.5. The molecule has 0 saturated carbocycles. The molecule has 0 amide bonds. The number of carbonyl (C=O) groups excluding carboxylic acids is 1. The van der Waals surface area contributed by atoms with Gasteiger partial charge in [0.1, 0.15) is 22.6 Å². The Morgan fingerprint density at radius 1 is 1.16 bits per heavy atom. The lowest BCUT2D eigenvalue weighted by atomic mass is 10.1. The lowest BCUT2D eigenvalue weighted by molar-refractivity contribution is -0.143. The lowest BCUT2D eigenvalue weighted by Gasteiger charge is -2.14. The molecule has 0 bridgehead atoms. The monoisotopic (exact) mass is 371 g/mol. The molecule has 12 heteroatoms. The van der Waals surface area contributed by atoms with Gasteiger partial charge in [-0.2, -0.15) is 18.3 Å². The Morgan fingerprint density at radius 3 is 2.12 bits per heavy atom. The number of nitrogens with zero attached hydrogens (tertiary/aromatic N) is 2. The Labute approximate surface area is 134 Å². The smallest absolute Gasteiger partial charge is 0.422 e. The maximum Gasteiger partial charge on any atom is 0.422 e. The summed E-state index contributed by atoms with van der Waals surface area (Å²) in [6.45, 7) is 1.36. The summed E-state index contributed by atoms with van der Waals surface area (Å²) in [6, 6.07) is 0. The Hall–Kier alpha value is -2.79. The fourth-order valence-electron chi connectivity index (χ4n) is 1.96. The number of aromatic nitrogens is 2. The maximum atomic E-state index is 13.9. The van der Waals surface area contributed by atoms with E-state index in [1.54, 1.807) is 0 Å². The molecule has 0 aliphatic carbocycles. The summed E-state index contributed by atoms with van der Waals surface area (Å²) in [7, 11) is 0. The molecule has 136 valence electrons. The molecule has 2 aromatic rings. The number of ether oxygens (including phenoxy) is 1. The lowest BCUT2D eigenvalue weighted by Crippen LogP contribution is -2.19. The number of nitrogen functional groups attached to an aromatic ring is 1. The summed E-state index contributed by atoms with van der Waals surface area (Å²) in [5.41, 5.74) is 0.552. The molecular formula is C13H8F7N3O2. The number of hydrogen-bond donors (Lipinski definition) is 1. The summed E-state index contributed by atoms with van der Waals surface area (Å²) < 4.78 is 97.4. The highest BCUT2D eigenvalue weighted by atomic mass is 19.4. The number of hydrogen-bond acceptors (Lipinski definition) is 4. The number of esters is 1. The number of nitrogens with two attached hydrogens (primary N) is 1. The van der Waals surface area contributed by atoms with Crippen LogP contribution in [0.5, 0.6) is 0 Å². The van der Waals surface area contributed by atoms with Crippen molar-refractivity contribution in [3.8, 4) is 5.69 Å². The number of halogens is 7. The predicted molar refractivity (Wildman–Crippen MR) is 68.8 cm³/mol. The topological polar surface area (TPSA) is 70.1 Å². The Bertz CT molecular complexity index is 816. The van der Waals surface area contributed by atoms with Gasteiger partial charge in [0, 0.05) is 0 Å². The van der Waals surface area contributed by atoms with Crippen LogP contribution in [-0.4, -0.2) is 22.4 Å². The van der Waals surface area contributed by atoms with Gasteiger partial charge < -0.3 is 10.5 Å². The van der Waals surface area contributed by atoms with E-state index in [-0.39, 0.29) is 11.3 Å². The van der Waals surface area contributed by atoms with Crippen LogP contribution in [0.4, 0.5) is 36.6 Å². The van der Waals surface area contributed by atoms with Crippen molar-refractivity contribution < 1.29 is 40.3 Å². The van der Waals surface area contributed by atoms with E-state index >= 15 is 0 Å². The number of benzene rings is 1. The third kappa shape index (κ3) is 2.98. The molecular weight excluding hydrogens is 363 g/mol. The van der Waals surface area contributed by atoms with Crippen molar-refractivity contribution >= 4 is 11.8 Å². The molecule has 5 nitrogen and oxygen atoms in total. The zero-order valence-electron chi connectivity index (χ0n) is 12.2. The molecule has 25 heavy (non-hydrogen) atoms. The standard InChI is InChI=1S/C13H8F7N3O2/c1-2-25-12(24)4-3-22-23(11(4)21)10-8(16)6(14)5(13(18,19)20)7(15)9(10)17/h3H,2,21H2,1H3. The summed E-state index contributed by atoms with van der Waals surface area (Å²) in [4.78, 5) is 11.6. The molecule has 1 heterocycles. The van der Waals surface area contributed by atoms with E-state index in [9.17, 15) is 35.5 Å². The second-order valence-corrected chi connectivity index (χ2v) is 4.55. The van der Waals surface area contributed by atoms with Crippen LogP contribution in [0, 0.1) is 23.3 Å². The van der Waals surface area contributed by atoms with E-state index in [4.69, 9.17) is 5.73 Å². The van der Waals surface area contributed by atoms with Crippen LogP contribution < -0.4 is 5.73 Å². The quantitative estimate of drug-likeness (QED) is 0.511. The summed E-state index contributed by atoms with van der Waals surface area (Å²) in [5, 5.41) is 3.28. The molecule has 0 radical (unpaired) electrons. The minimum Gasteiger partial charge on any atom is -0.462 e. The zero-order chi connectivity index (χ0) is 19.1. The SMILES string of the molecule is CCOC(=O)c1cnn(-c2c(F)c(F)c(C(F)(F)F)c(F)c2F)c1N. The van der Waals surface area contributed by atoms with E-state index < -0.39 is 58.0 Å². The van der Waals surface area contributed by atoms with Gasteiger partial charge in [-0.15, -0.1) is 0 Å². The van der Waals surface area contributed by atoms with Gasteiger partial charge >= 0.3 is 12.1 Å². The molecule has 0 atom stereocenters. The fourth-order valence-corrected chi connectivity index (χ4v) is 1.96. The highest BCUT2D eigenvalue weighted by Crippen LogP contribution is 2.38. The van der Waals surface area contributed by atoms with E-state index in [2.05, 4.69) is 9.84 Å². The van der Waals surface area contributed by atoms with Crippen molar-refractivity contribution in [3.63, 3.8) is 0 Å². The minimum atomic E-state index is -5.68. The van der Waals surface area contributed by atoms with Gasteiger partial charge in [-0.25, -0.2) is 27.0 Å². The van der Waals surface area contributed by atoms with Crippen molar-refractivity contribution in [2.75, 3.05) is 12.3 Å². The molecule has 0 fully saturated rings. The molecule has 0 saturated heterocycles. The Kier molecular flexibility index (Phi) is 4.64. The largest absolute Gasteiger partial charge is 0.462 e. The van der Waals surface area contributed by atoms with E-state index in [1.807, 2.05) is 0 Å². The van der Waals surface area contributed by atoms with Crippen LogP contribution in [0.3, 0.4) is 0 Å². The average molecular weight is 371 g/mol. The third-order valence-electron chi connectivity index (χ3n) is 3.04. The van der Waals surface area contributed by atoms with Gasteiger partial charge in [0.2, 0.25) is 0 Å². The normalized spacial score (nSPS) is 11.7. The second-order valence-electron chi connectivity index (χ2n) is 4.55. The molecule has 0 aliphatic rings. The van der Waals surface area contributed by atoms with Gasteiger partial charge in [-0.3, -0.25) is 0 Å². The zero-order valence-corrected chi connectivity index (χ0v) is 12.2. The molecule has 0 aliphatic heterocycles. The van der Waals surface area contributed by atoms with Crippen molar-refractivity contribution in [2.45, 2.75) is 13.1 Å². The van der Waals surface area contributed by atoms with E-state index in [0.29, 0.717) is 6.20 Å². The molecule has 1 aromatic carbocycles. The van der Waals surface area contributed by atoms with Crippen LogP contribution in [0.15, 0.2) is 6.20 Å². The number of rotatable bonds is 3. The minimum absolute atomic E-state index is 0.0588. The number of alkyl halides is 3. The maximum absolute atomic E-state index is 13.9. The van der Waals surface area contributed by atoms with Crippen molar-refractivity contribution in [1.29, 1.82) is 0 Å². The van der Waals surface area contributed by atoms with Crippen molar-refractivity contribution in [3.05, 3.63) is 40.6 Å². The van der Waals surface area contributed by atoms with Crippen molar-refractivity contribution in [2.24, 2.45) is 0 Å². The third-order valence-corrected chi connectivity index (χ3v) is 3.04. The van der Waals surface area contributed by atoms with Crippen molar-refractivity contribution in [1.82, 2.24) is 9.78 Å². The average Bonchev–Trinajstić information content (AvgIpc) is 2.86. The van der Waals surface area contributed by atoms with Crippen LogP contribution >= 0.6 is 0 Å². The number of carbonyl (C=O) groups is 1. The Morgan fingerprint density at radius 2 is 1.68 bits per heavy atom. The van der Waals surface area contributed by atoms with Crippen LogP contribution in [0.25, 0.3) is 5.69 Å². The van der Waals surface area contributed by atoms with Gasteiger partial charge in [-0.05, 0) is 6.92 Å². The van der Waals surface area contributed by atoms with Gasteiger partial charge in [0.15, 0.2) is 23.3 Å². The first-order valence-corrected chi connectivity index (χ1v) is 6.46. The van der Waals surface area contributed by atoms with Crippen LogP contribution in [0.1, 0.15) is 22.8 Å². The first-order valence-electron chi connectivity index (χ1n) is 6.46. The van der Waals surface area contributed by atoms with Crippen LogP contribution in [-0.2, 0) is 10.9 Å². The summed E-state index contributed by atoms with van der Waals surface area (Å²) in [6.07, 6.45) is -5.00. The van der Waals surface area contributed by atoms with Crippen LogP contribution in [0.2, 0.25) is 0 Å². The fraction of sp³-hybridized carbons (Fsp3) is 0.231. The predicted octanol–water partition coefficient (Wildman–Crippen LogP) is 3.21. The Balaban J connectivity index is 2.73. The van der Waals surface area contributed by atoms with Gasteiger partial charge in [0.25, 0.3) is 0 Å².